The Balaban J connectivity index is 0.00000242. The van der Waals surface area contributed by atoms with Crippen LogP contribution in [0.1, 0.15) is 12.2 Å². The lowest BCUT2D eigenvalue weighted by atomic mass is 10.3. The molecule has 130 valence electrons. The van der Waals surface area contributed by atoms with Gasteiger partial charge in [0.15, 0.2) is 0 Å². The van der Waals surface area contributed by atoms with Crippen LogP contribution in [0, 0.1) is 0 Å². The number of aromatic nitrogens is 2. The van der Waals surface area contributed by atoms with Gasteiger partial charge in [0, 0.05) is 6.54 Å². The number of benzene rings is 1. The number of nitrogens with one attached hydrogen (secondary N) is 2. The van der Waals surface area contributed by atoms with E-state index in [9.17, 15) is 4.79 Å². The highest BCUT2D eigenvalue weighted by molar-refractivity contribution is 7.97. The summed E-state index contributed by atoms with van der Waals surface area (Å²) < 4.78 is 2.01. The van der Waals surface area contributed by atoms with Crippen LogP contribution in [0.25, 0.3) is 11.0 Å². The summed E-state index contributed by atoms with van der Waals surface area (Å²) in [5.41, 5.74) is 1.97. The van der Waals surface area contributed by atoms with Crippen molar-refractivity contribution in [2.24, 2.45) is 0 Å². The first kappa shape index (κ1) is 22.1. The Hall–Kier alpha value is -0.950. The fourth-order valence-electron chi connectivity index (χ4n) is 2.23. The van der Waals surface area contributed by atoms with E-state index >= 15 is 0 Å². The van der Waals surface area contributed by atoms with Crippen molar-refractivity contribution in [2.45, 2.75) is 18.7 Å². The molecule has 0 radical (unpaired) electrons. The number of amides is 1. The number of para-hydroxylation sites is 2. The second kappa shape index (κ2) is 11.6. The van der Waals surface area contributed by atoms with Crippen LogP contribution < -0.4 is 10.6 Å². The van der Waals surface area contributed by atoms with Crippen LogP contribution >= 0.6 is 36.6 Å². The largest absolute Gasteiger partial charge is 0.355 e. The zero-order valence-corrected chi connectivity index (χ0v) is 15.8. The van der Waals surface area contributed by atoms with Gasteiger partial charge in [-0.05, 0) is 38.4 Å². The summed E-state index contributed by atoms with van der Waals surface area (Å²) in [5.74, 6) is 1.80. The standard InChI is InChI=1S/C15H22N4OS.2ClH/c1-16-8-5-9-17-15(20)10-19-13-7-4-3-6-12(13)18-14(19)11-21-2;;/h3-4,6-7,16H,5,8-11H2,1-2H3,(H,17,20);2*1H. The number of halogens is 2. The fraction of sp³-hybridized carbons (Fsp3) is 0.467. The Morgan fingerprint density at radius 3 is 2.70 bits per heavy atom. The molecule has 0 saturated heterocycles. The summed E-state index contributed by atoms with van der Waals surface area (Å²) in [5, 5.41) is 6.02. The third kappa shape index (κ3) is 6.22. The van der Waals surface area contributed by atoms with Crippen molar-refractivity contribution < 1.29 is 4.79 Å². The number of hydrogen-bond acceptors (Lipinski definition) is 4. The lowest BCUT2D eigenvalue weighted by Crippen LogP contribution is -2.30. The molecular weight excluding hydrogens is 355 g/mol. The Labute approximate surface area is 153 Å². The first-order chi connectivity index (χ1) is 10.3. The number of carbonyl (C=O) groups excluding carboxylic acids is 1. The molecule has 8 heteroatoms. The molecule has 0 unspecified atom stereocenters. The lowest BCUT2D eigenvalue weighted by Gasteiger charge is -2.09. The number of hydrogen-bond donors (Lipinski definition) is 2. The summed E-state index contributed by atoms with van der Waals surface area (Å²) >= 11 is 1.71. The lowest BCUT2D eigenvalue weighted by molar-refractivity contribution is -0.121. The van der Waals surface area contributed by atoms with Gasteiger partial charge >= 0.3 is 0 Å². The van der Waals surface area contributed by atoms with Crippen LogP contribution in [-0.2, 0) is 17.1 Å². The minimum atomic E-state index is 0. The maximum atomic E-state index is 12.1. The summed E-state index contributed by atoms with van der Waals surface area (Å²) in [6.45, 7) is 1.94. The molecule has 5 nitrogen and oxygen atoms in total. The molecule has 0 atom stereocenters. The third-order valence-corrected chi connectivity index (χ3v) is 3.78. The van der Waals surface area contributed by atoms with E-state index in [0.29, 0.717) is 13.1 Å². The molecule has 1 aromatic carbocycles. The number of nitrogens with zero attached hydrogens (tertiary/aromatic N) is 2. The van der Waals surface area contributed by atoms with E-state index in [1.807, 2.05) is 42.1 Å². The fourth-order valence-corrected chi connectivity index (χ4v) is 2.71. The molecule has 0 aliphatic rings. The van der Waals surface area contributed by atoms with Crippen molar-refractivity contribution >= 4 is 53.5 Å². The number of thioether (sulfide) groups is 1. The van der Waals surface area contributed by atoms with E-state index in [1.54, 1.807) is 11.8 Å². The summed E-state index contributed by atoms with van der Waals surface area (Å²) in [7, 11) is 1.91. The van der Waals surface area contributed by atoms with Gasteiger partial charge in [0.1, 0.15) is 12.4 Å². The highest BCUT2D eigenvalue weighted by Gasteiger charge is 2.12. The van der Waals surface area contributed by atoms with E-state index in [0.717, 1.165) is 35.6 Å². The molecule has 2 N–H and O–H groups in total. The first-order valence-corrected chi connectivity index (χ1v) is 8.50. The monoisotopic (exact) mass is 378 g/mol. The number of fused-ring (bicyclic) bond motifs is 1. The number of imidazole rings is 1. The molecule has 0 saturated carbocycles. The van der Waals surface area contributed by atoms with Gasteiger partial charge in [0.05, 0.1) is 16.8 Å². The second-order valence-electron chi connectivity index (χ2n) is 4.84. The summed E-state index contributed by atoms with van der Waals surface area (Å²) in [6.07, 6.45) is 2.98. The van der Waals surface area contributed by atoms with Crippen LogP contribution in [0.5, 0.6) is 0 Å². The van der Waals surface area contributed by atoms with Crippen molar-refractivity contribution in [3.8, 4) is 0 Å². The van der Waals surface area contributed by atoms with E-state index in [1.165, 1.54) is 0 Å². The average molecular weight is 379 g/mol. The van der Waals surface area contributed by atoms with Crippen LogP contribution in [-0.4, -0.2) is 41.9 Å². The molecule has 23 heavy (non-hydrogen) atoms. The maximum absolute atomic E-state index is 12.1. The molecule has 0 bridgehead atoms. The van der Waals surface area contributed by atoms with Gasteiger partial charge in [-0.15, -0.1) is 24.8 Å². The molecule has 1 heterocycles. The number of rotatable bonds is 8. The van der Waals surface area contributed by atoms with Crippen molar-refractivity contribution in [3.63, 3.8) is 0 Å². The van der Waals surface area contributed by atoms with E-state index in [2.05, 4.69) is 15.6 Å². The van der Waals surface area contributed by atoms with Crippen molar-refractivity contribution in [3.05, 3.63) is 30.1 Å². The SMILES string of the molecule is CNCCCNC(=O)Cn1c(CSC)nc2ccccc21.Cl.Cl. The van der Waals surface area contributed by atoms with Gasteiger partial charge < -0.3 is 15.2 Å². The summed E-state index contributed by atoms with van der Waals surface area (Å²) in [4.78, 5) is 16.7. The Morgan fingerprint density at radius 2 is 2.00 bits per heavy atom. The molecule has 1 aromatic heterocycles. The van der Waals surface area contributed by atoms with Crippen LogP contribution in [0.15, 0.2) is 24.3 Å². The third-order valence-electron chi connectivity index (χ3n) is 3.23. The minimum absolute atomic E-state index is 0. The Kier molecular flexibility index (Phi) is 11.1. The van der Waals surface area contributed by atoms with Gasteiger partial charge in [-0.1, -0.05) is 12.1 Å². The molecular formula is C15H24Cl2N4OS. The maximum Gasteiger partial charge on any atom is 0.240 e. The highest BCUT2D eigenvalue weighted by Crippen LogP contribution is 2.18. The van der Waals surface area contributed by atoms with Gasteiger partial charge in [0.25, 0.3) is 0 Å². The predicted molar refractivity (Wildman–Crippen MR) is 103 cm³/mol. The Bertz CT molecular complexity index is 606. The second-order valence-corrected chi connectivity index (χ2v) is 5.71. The van der Waals surface area contributed by atoms with Gasteiger partial charge in [-0.25, -0.2) is 4.98 Å². The normalized spacial score (nSPS) is 10.0. The topological polar surface area (TPSA) is 58.9 Å². The van der Waals surface area contributed by atoms with Crippen LogP contribution in [0.3, 0.4) is 0 Å². The molecule has 0 aliphatic heterocycles. The van der Waals surface area contributed by atoms with Crippen LogP contribution in [0.4, 0.5) is 0 Å². The molecule has 1 amide bonds. The smallest absolute Gasteiger partial charge is 0.240 e. The first-order valence-electron chi connectivity index (χ1n) is 7.10. The molecule has 2 rings (SSSR count). The quantitative estimate of drug-likeness (QED) is 0.692. The zero-order chi connectivity index (χ0) is 15.1. The minimum Gasteiger partial charge on any atom is -0.355 e. The molecule has 0 aliphatic carbocycles. The Morgan fingerprint density at radius 1 is 1.26 bits per heavy atom. The van der Waals surface area contributed by atoms with Crippen molar-refractivity contribution in [1.82, 2.24) is 20.2 Å². The van der Waals surface area contributed by atoms with E-state index < -0.39 is 0 Å². The zero-order valence-electron chi connectivity index (χ0n) is 13.4. The van der Waals surface area contributed by atoms with Gasteiger partial charge in [-0.3, -0.25) is 4.79 Å². The number of carbonyl (C=O) groups is 1. The molecule has 0 fully saturated rings. The highest BCUT2D eigenvalue weighted by atomic mass is 35.5. The van der Waals surface area contributed by atoms with Gasteiger partial charge in [0.2, 0.25) is 5.91 Å². The van der Waals surface area contributed by atoms with Crippen LogP contribution in [0.2, 0.25) is 0 Å². The van der Waals surface area contributed by atoms with Crippen molar-refractivity contribution in [2.75, 3.05) is 26.4 Å². The van der Waals surface area contributed by atoms with Crippen molar-refractivity contribution in [1.29, 1.82) is 0 Å². The molecule has 0 spiro atoms. The predicted octanol–water partition coefficient (Wildman–Crippen LogP) is 2.47. The van der Waals surface area contributed by atoms with E-state index in [-0.39, 0.29) is 30.7 Å². The van der Waals surface area contributed by atoms with Gasteiger partial charge in [-0.2, -0.15) is 11.8 Å². The summed E-state index contributed by atoms with van der Waals surface area (Å²) in [6, 6.07) is 7.95. The average Bonchev–Trinajstić information content (AvgIpc) is 2.82. The molecule has 2 aromatic rings. The van der Waals surface area contributed by atoms with E-state index in [4.69, 9.17) is 0 Å².